The Morgan fingerprint density at radius 1 is 1.11 bits per heavy atom. The minimum absolute atomic E-state index is 0.0637. The number of carbonyl (C=O) groups is 1. The lowest BCUT2D eigenvalue weighted by Gasteiger charge is -2.20. The van der Waals surface area contributed by atoms with Crippen LogP contribution in [0.5, 0.6) is 0 Å². The lowest BCUT2D eigenvalue weighted by molar-refractivity contribution is 0.0691. The van der Waals surface area contributed by atoms with Crippen LogP contribution in [0, 0.1) is 6.92 Å². The van der Waals surface area contributed by atoms with E-state index in [9.17, 15) is 18.7 Å². The van der Waals surface area contributed by atoms with Gasteiger partial charge in [-0.2, -0.15) is 10.2 Å². The Balaban J connectivity index is 1.61. The minimum Gasteiger partial charge on any atom is -0.476 e. The average Bonchev–Trinajstić information content (AvgIpc) is 3.69. The van der Waals surface area contributed by atoms with Gasteiger partial charge in [0.1, 0.15) is 10.8 Å². The number of pyridine rings is 2. The monoisotopic (exact) mass is 509 g/mol. The van der Waals surface area contributed by atoms with Crippen LogP contribution in [0.25, 0.3) is 22.2 Å². The zero-order valence-electron chi connectivity index (χ0n) is 19.5. The molecule has 1 aliphatic carbocycles. The molecule has 10 heteroatoms. The van der Waals surface area contributed by atoms with Gasteiger partial charge in [0.05, 0.1) is 22.6 Å². The number of benzene rings is 1. The molecule has 0 unspecified atom stereocenters. The number of nitrogens with zero attached hydrogens (tertiary/aromatic N) is 4. The topological polar surface area (TPSA) is 101 Å². The number of rotatable bonds is 7. The quantitative estimate of drug-likeness (QED) is 0.266. The Morgan fingerprint density at radius 3 is 2.53 bits per heavy atom. The number of aromatic carboxylic acids is 1. The van der Waals surface area contributed by atoms with Gasteiger partial charge < -0.3 is 10.4 Å². The number of aryl methyl sites for hydroxylation is 1. The van der Waals surface area contributed by atoms with Crippen molar-refractivity contribution in [2.75, 3.05) is 5.32 Å². The summed E-state index contributed by atoms with van der Waals surface area (Å²) in [6.07, 6.45) is -0.672. The van der Waals surface area contributed by atoms with Crippen LogP contribution in [-0.4, -0.2) is 31.2 Å². The molecule has 36 heavy (non-hydrogen) atoms. The first-order valence-corrected chi connectivity index (χ1v) is 11.8. The SMILES string of the molecule is Cc1cc([C@H](C)Nc2ccc(Cl)nc2C(=O)O)c2cc(-c3ccc(C4CC4)nn3)c(C(F)F)nc2c1. The second kappa shape index (κ2) is 9.39. The van der Waals surface area contributed by atoms with E-state index in [-0.39, 0.29) is 27.8 Å². The molecule has 7 nitrogen and oxygen atoms in total. The summed E-state index contributed by atoms with van der Waals surface area (Å²) >= 11 is 5.88. The normalized spacial score (nSPS) is 14.3. The van der Waals surface area contributed by atoms with Crippen molar-refractivity contribution in [3.63, 3.8) is 0 Å². The van der Waals surface area contributed by atoms with Crippen molar-refractivity contribution >= 4 is 34.2 Å². The highest BCUT2D eigenvalue weighted by Crippen LogP contribution is 2.40. The fourth-order valence-corrected chi connectivity index (χ4v) is 4.45. The molecular formula is C26H22ClF2N5O2. The van der Waals surface area contributed by atoms with Crippen LogP contribution in [0.1, 0.15) is 71.2 Å². The van der Waals surface area contributed by atoms with Gasteiger partial charge >= 0.3 is 5.97 Å². The summed E-state index contributed by atoms with van der Waals surface area (Å²) in [6, 6.07) is 11.5. The summed E-state index contributed by atoms with van der Waals surface area (Å²) in [5.41, 5.74) is 3.11. The van der Waals surface area contributed by atoms with Crippen LogP contribution in [0.3, 0.4) is 0 Å². The molecule has 5 rings (SSSR count). The Kier molecular flexibility index (Phi) is 6.26. The third-order valence-electron chi connectivity index (χ3n) is 6.21. The highest BCUT2D eigenvalue weighted by atomic mass is 35.5. The average molecular weight is 510 g/mol. The first kappa shape index (κ1) is 24.0. The van der Waals surface area contributed by atoms with Crippen molar-refractivity contribution in [2.24, 2.45) is 0 Å². The highest BCUT2D eigenvalue weighted by Gasteiger charge is 2.26. The molecule has 1 atom stereocenters. The number of halogens is 3. The molecule has 1 fully saturated rings. The third-order valence-corrected chi connectivity index (χ3v) is 6.42. The van der Waals surface area contributed by atoms with Gasteiger partial charge in [0.25, 0.3) is 6.43 Å². The lowest BCUT2D eigenvalue weighted by atomic mass is 9.96. The van der Waals surface area contributed by atoms with Crippen LogP contribution in [0.2, 0.25) is 5.15 Å². The minimum atomic E-state index is -2.80. The summed E-state index contributed by atoms with van der Waals surface area (Å²) in [7, 11) is 0. The van der Waals surface area contributed by atoms with E-state index >= 15 is 0 Å². The van der Waals surface area contributed by atoms with E-state index in [2.05, 4.69) is 25.5 Å². The van der Waals surface area contributed by atoms with Gasteiger partial charge in [-0.3, -0.25) is 0 Å². The number of carboxylic acid groups (broad SMARTS) is 1. The second-order valence-corrected chi connectivity index (χ2v) is 9.35. The van der Waals surface area contributed by atoms with Crippen molar-refractivity contribution in [3.8, 4) is 11.3 Å². The Morgan fingerprint density at radius 2 is 1.89 bits per heavy atom. The van der Waals surface area contributed by atoms with E-state index in [1.54, 1.807) is 24.3 Å². The van der Waals surface area contributed by atoms with Gasteiger partial charge in [-0.05, 0) is 74.2 Å². The molecule has 3 aromatic heterocycles. The molecule has 0 radical (unpaired) electrons. The molecule has 1 aliphatic rings. The fourth-order valence-electron chi connectivity index (χ4n) is 4.30. The Bertz CT molecular complexity index is 1480. The molecule has 2 N–H and O–H groups in total. The Labute approximate surface area is 210 Å². The van der Waals surface area contributed by atoms with Crippen LogP contribution >= 0.6 is 11.6 Å². The molecule has 0 bridgehead atoms. The van der Waals surface area contributed by atoms with Crippen molar-refractivity contribution in [3.05, 3.63) is 75.8 Å². The molecule has 3 heterocycles. The molecular weight excluding hydrogens is 488 g/mol. The standard InChI is InChI=1S/C26H22ClF2N5O2/c1-12-9-15(13(2)30-20-7-8-22(27)32-24(20)26(35)36)16-11-17(23(25(28)29)31-21(16)10-12)19-6-5-18(33-34-19)14-3-4-14/h5-11,13-14,25,30H,3-4H2,1-2H3,(H,35,36)/t13-/m0/s1. The number of fused-ring (bicyclic) bond motifs is 1. The van der Waals surface area contributed by atoms with Gasteiger partial charge in [0.2, 0.25) is 0 Å². The number of alkyl halides is 2. The number of hydrogen-bond acceptors (Lipinski definition) is 6. The van der Waals surface area contributed by atoms with E-state index < -0.39 is 18.4 Å². The van der Waals surface area contributed by atoms with Crippen LogP contribution in [0.4, 0.5) is 14.5 Å². The predicted molar refractivity (Wildman–Crippen MR) is 133 cm³/mol. The van der Waals surface area contributed by atoms with Gasteiger partial charge in [0.15, 0.2) is 5.69 Å². The number of anilines is 1. The van der Waals surface area contributed by atoms with Crippen molar-refractivity contribution in [1.29, 1.82) is 0 Å². The number of hydrogen-bond donors (Lipinski definition) is 2. The maximum atomic E-state index is 14.1. The smallest absolute Gasteiger partial charge is 0.356 e. The van der Waals surface area contributed by atoms with Crippen molar-refractivity contribution in [2.45, 2.75) is 45.1 Å². The largest absolute Gasteiger partial charge is 0.476 e. The zero-order chi connectivity index (χ0) is 25.6. The van der Waals surface area contributed by atoms with Gasteiger partial charge in [0, 0.05) is 22.9 Å². The molecule has 4 aromatic rings. The highest BCUT2D eigenvalue weighted by molar-refractivity contribution is 6.29. The first-order chi connectivity index (χ1) is 17.2. The van der Waals surface area contributed by atoms with Gasteiger partial charge in [-0.1, -0.05) is 17.7 Å². The van der Waals surface area contributed by atoms with E-state index in [0.29, 0.717) is 22.5 Å². The van der Waals surface area contributed by atoms with E-state index in [4.69, 9.17) is 11.6 Å². The van der Waals surface area contributed by atoms with Gasteiger partial charge in [-0.25, -0.2) is 23.5 Å². The van der Waals surface area contributed by atoms with Gasteiger partial charge in [-0.15, -0.1) is 0 Å². The molecule has 1 saturated carbocycles. The maximum Gasteiger partial charge on any atom is 0.356 e. The van der Waals surface area contributed by atoms with E-state index in [1.165, 1.54) is 6.07 Å². The summed E-state index contributed by atoms with van der Waals surface area (Å²) in [5.74, 6) is -0.824. The second-order valence-electron chi connectivity index (χ2n) is 8.96. The number of aromatic nitrogens is 4. The molecule has 1 aromatic carbocycles. The molecule has 0 aliphatic heterocycles. The summed E-state index contributed by atoms with van der Waals surface area (Å²) in [5, 5.41) is 21.9. The van der Waals surface area contributed by atoms with Crippen molar-refractivity contribution in [1.82, 2.24) is 20.2 Å². The van der Waals surface area contributed by atoms with Crippen LogP contribution in [-0.2, 0) is 0 Å². The summed E-state index contributed by atoms with van der Waals surface area (Å²) in [4.78, 5) is 19.9. The molecule has 0 saturated heterocycles. The fraction of sp³-hybridized carbons (Fsp3) is 0.269. The Hall–Kier alpha value is -3.72. The van der Waals surface area contributed by atoms with Crippen molar-refractivity contribution < 1.29 is 18.7 Å². The predicted octanol–water partition coefficient (Wildman–Crippen LogP) is 6.73. The summed E-state index contributed by atoms with van der Waals surface area (Å²) < 4.78 is 28.1. The summed E-state index contributed by atoms with van der Waals surface area (Å²) in [6.45, 7) is 3.70. The molecule has 0 amide bonds. The lowest BCUT2D eigenvalue weighted by Crippen LogP contribution is -2.13. The number of carboxylic acids is 1. The number of nitrogens with one attached hydrogen (secondary N) is 1. The third kappa shape index (κ3) is 4.70. The van der Waals surface area contributed by atoms with Crippen LogP contribution < -0.4 is 5.32 Å². The van der Waals surface area contributed by atoms with E-state index in [1.807, 2.05) is 26.0 Å². The molecule has 184 valence electrons. The van der Waals surface area contributed by atoms with Crippen LogP contribution in [0.15, 0.2) is 42.5 Å². The zero-order valence-corrected chi connectivity index (χ0v) is 20.2. The van der Waals surface area contributed by atoms with E-state index in [0.717, 1.165) is 29.7 Å². The first-order valence-electron chi connectivity index (χ1n) is 11.4. The molecule has 0 spiro atoms. The maximum absolute atomic E-state index is 14.1.